The number of nitrogens with one attached hydrogen (secondary N) is 1. The third-order valence-electron chi connectivity index (χ3n) is 2.04. The molecular formula is C13H20N2O4S. The number of carbonyl (C=O) groups excluding carboxylic acids is 2. The van der Waals surface area contributed by atoms with E-state index in [-0.39, 0.29) is 5.97 Å². The molecule has 1 heterocycles. The number of anilines is 1. The smallest absolute Gasteiger partial charge is 0.413 e. The number of thiazole rings is 1. The summed E-state index contributed by atoms with van der Waals surface area (Å²) in [5.41, 5.74) is -0.548. The Kier molecular flexibility index (Phi) is 5.94. The fourth-order valence-electron chi connectivity index (χ4n) is 1.33. The van der Waals surface area contributed by atoms with Crippen LogP contribution in [0.2, 0.25) is 0 Å². The molecule has 0 saturated heterocycles. The summed E-state index contributed by atoms with van der Waals surface area (Å²) in [7, 11) is 0. The van der Waals surface area contributed by atoms with Gasteiger partial charge in [-0.2, -0.15) is 0 Å². The molecule has 0 bridgehead atoms. The van der Waals surface area contributed by atoms with Gasteiger partial charge in [-0.3, -0.25) is 10.1 Å². The molecule has 0 atom stereocenters. The summed E-state index contributed by atoms with van der Waals surface area (Å²) in [6, 6.07) is 0. The molecule has 1 amide bonds. The molecule has 0 fully saturated rings. The van der Waals surface area contributed by atoms with E-state index < -0.39 is 11.7 Å². The third-order valence-corrected chi connectivity index (χ3v) is 3.01. The minimum Gasteiger partial charge on any atom is -0.466 e. The van der Waals surface area contributed by atoms with Crippen LogP contribution < -0.4 is 5.32 Å². The molecule has 0 spiro atoms. The van der Waals surface area contributed by atoms with Crippen LogP contribution in [-0.2, 0) is 20.7 Å². The first-order chi connectivity index (χ1) is 9.30. The molecule has 1 rings (SSSR count). The maximum Gasteiger partial charge on any atom is 0.413 e. The van der Waals surface area contributed by atoms with Crippen molar-refractivity contribution in [3.63, 3.8) is 0 Å². The van der Waals surface area contributed by atoms with E-state index in [0.717, 1.165) is 4.88 Å². The van der Waals surface area contributed by atoms with Gasteiger partial charge in [-0.15, -0.1) is 11.3 Å². The Balaban J connectivity index is 2.43. The predicted molar refractivity (Wildman–Crippen MR) is 76.9 cm³/mol. The second-order valence-corrected chi connectivity index (χ2v) is 6.18. The van der Waals surface area contributed by atoms with Gasteiger partial charge in [0, 0.05) is 11.1 Å². The van der Waals surface area contributed by atoms with Gasteiger partial charge in [-0.05, 0) is 34.1 Å². The standard InChI is InChI=1S/C13H20N2O4S/c1-5-18-10(16)7-6-9-8-14-11(20-9)15-12(17)19-13(2,3)4/h8H,5-7H2,1-4H3,(H,14,15,17). The van der Waals surface area contributed by atoms with Crippen LogP contribution in [0.5, 0.6) is 0 Å². The number of carbonyl (C=O) groups is 2. The van der Waals surface area contributed by atoms with Gasteiger partial charge in [0.15, 0.2) is 5.13 Å². The van der Waals surface area contributed by atoms with Crippen molar-refractivity contribution in [1.29, 1.82) is 0 Å². The van der Waals surface area contributed by atoms with Crippen LogP contribution in [0.1, 0.15) is 39.0 Å². The number of esters is 1. The van der Waals surface area contributed by atoms with Gasteiger partial charge in [0.25, 0.3) is 0 Å². The molecule has 0 saturated carbocycles. The number of rotatable bonds is 5. The molecule has 0 aliphatic carbocycles. The number of hydrogen-bond donors (Lipinski definition) is 1. The van der Waals surface area contributed by atoms with E-state index >= 15 is 0 Å². The lowest BCUT2D eigenvalue weighted by Gasteiger charge is -2.18. The zero-order valence-corrected chi connectivity index (χ0v) is 13.0. The molecule has 20 heavy (non-hydrogen) atoms. The fourth-order valence-corrected chi connectivity index (χ4v) is 2.13. The van der Waals surface area contributed by atoms with Crippen LogP contribution in [-0.4, -0.2) is 29.3 Å². The van der Waals surface area contributed by atoms with Crippen molar-refractivity contribution in [2.75, 3.05) is 11.9 Å². The Hall–Kier alpha value is -1.63. The van der Waals surface area contributed by atoms with Crippen LogP contribution >= 0.6 is 11.3 Å². The Bertz CT molecular complexity index is 465. The summed E-state index contributed by atoms with van der Waals surface area (Å²) >= 11 is 1.32. The van der Waals surface area contributed by atoms with Crippen molar-refractivity contribution in [2.45, 2.75) is 46.1 Å². The maximum absolute atomic E-state index is 11.5. The van der Waals surface area contributed by atoms with E-state index in [1.165, 1.54) is 11.3 Å². The van der Waals surface area contributed by atoms with Crippen molar-refractivity contribution >= 4 is 28.5 Å². The van der Waals surface area contributed by atoms with Crippen LogP contribution in [0.15, 0.2) is 6.20 Å². The lowest BCUT2D eigenvalue weighted by atomic mass is 10.2. The van der Waals surface area contributed by atoms with Crippen LogP contribution in [0, 0.1) is 0 Å². The molecule has 1 aromatic heterocycles. The Morgan fingerprint density at radius 3 is 2.70 bits per heavy atom. The molecule has 7 heteroatoms. The van der Waals surface area contributed by atoms with Crippen LogP contribution in [0.4, 0.5) is 9.93 Å². The van der Waals surface area contributed by atoms with E-state index in [9.17, 15) is 9.59 Å². The minimum atomic E-state index is -0.548. The van der Waals surface area contributed by atoms with Crippen molar-refractivity contribution in [3.05, 3.63) is 11.1 Å². The second-order valence-electron chi connectivity index (χ2n) is 5.06. The van der Waals surface area contributed by atoms with E-state index in [2.05, 4.69) is 10.3 Å². The number of ether oxygens (including phenoxy) is 2. The van der Waals surface area contributed by atoms with Crippen molar-refractivity contribution in [2.24, 2.45) is 0 Å². The molecule has 0 aliphatic rings. The Morgan fingerprint density at radius 1 is 1.40 bits per heavy atom. The van der Waals surface area contributed by atoms with E-state index in [1.54, 1.807) is 33.9 Å². The first kappa shape index (κ1) is 16.4. The number of hydrogen-bond acceptors (Lipinski definition) is 6. The van der Waals surface area contributed by atoms with Gasteiger partial charge in [-0.1, -0.05) is 0 Å². The lowest BCUT2D eigenvalue weighted by molar-refractivity contribution is -0.143. The molecule has 0 unspecified atom stereocenters. The van der Waals surface area contributed by atoms with Gasteiger partial charge >= 0.3 is 12.1 Å². The van der Waals surface area contributed by atoms with Crippen molar-refractivity contribution < 1.29 is 19.1 Å². The highest BCUT2D eigenvalue weighted by Crippen LogP contribution is 2.20. The molecule has 0 radical (unpaired) electrons. The highest BCUT2D eigenvalue weighted by Gasteiger charge is 2.17. The molecule has 6 nitrogen and oxygen atoms in total. The molecule has 0 aliphatic heterocycles. The summed E-state index contributed by atoms with van der Waals surface area (Å²) in [4.78, 5) is 27.7. The Labute approximate surface area is 122 Å². The average molecular weight is 300 g/mol. The SMILES string of the molecule is CCOC(=O)CCc1cnc(NC(=O)OC(C)(C)C)s1. The summed E-state index contributed by atoms with van der Waals surface area (Å²) < 4.78 is 9.97. The maximum atomic E-state index is 11.5. The third kappa shape index (κ3) is 6.51. The van der Waals surface area contributed by atoms with Gasteiger partial charge in [0.1, 0.15) is 5.60 Å². The summed E-state index contributed by atoms with van der Waals surface area (Å²) in [5, 5.41) is 3.02. The quantitative estimate of drug-likeness (QED) is 0.846. The second kappa shape index (κ2) is 7.23. The highest BCUT2D eigenvalue weighted by atomic mass is 32.1. The average Bonchev–Trinajstić information content (AvgIpc) is 2.71. The molecular weight excluding hydrogens is 280 g/mol. The number of aryl methyl sites for hydroxylation is 1. The summed E-state index contributed by atoms with van der Waals surface area (Å²) in [6.07, 6.45) is 1.95. The van der Waals surface area contributed by atoms with Crippen LogP contribution in [0.3, 0.4) is 0 Å². The first-order valence-electron chi connectivity index (χ1n) is 6.40. The number of aromatic nitrogens is 1. The molecule has 1 N–H and O–H groups in total. The minimum absolute atomic E-state index is 0.234. The van der Waals surface area contributed by atoms with Gasteiger partial charge < -0.3 is 9.47 Å². The lowest BCUT2D eigenvalue weighted by Crippen LogP contribution is -2.27. The normalized spacial score (nSPS) is 11.0. The summed E-state index contributed by atoms with van der Waals surface area (Å²) in [6.45, 7) is 7.53. The topological polar surface area (TPSA) is 77.5 Å². The van der Waals surface area contributed by atoms with E-state index in [1.807, 2.05) is 0 Å². The largest absolute Gasteiger partial charge is 0.466 e. The Morgan fingerprint density at radius 2 is 2.10 bits per heavy atom. The van der Waals surface area contributed by atoms with Gasteiger partial charge in [0.2, 0.25) is 0 Å². The first-order valence-corrected chi connectivity index (χ1v) is 7.22. The van der Waals surface area contributed by atoms with Gasteiger partial charge in [0.05, 0.1) is 13.0 Å². The van der Waals surface area contributed by atoms with E-state index in [4.69, 9.17) is 9.47 Å². The predicted octanol–water partition coefficient (Wildman–Crippen LogP) is 2.99. The van der Waals surface area contributed by atoms with Crippen LogP contribution in [0.25, 0.3) is 0 Å². The van der Waals surface area contributed by atoms with Crippen molar-refractivity contribution in [1.82, 2.24) is 4.98 Å². The fraction of sp³-hybridized carbons (Fsp3) is 0.615. The number of amides is 1. The van der Waals surface area contributed by atoms with E-state index in [0.29, 0.717) is 24.6 Å². The highest BCUT2D eigenvalue weighted by molar-refractivity contribution is 7.15. The summed E-state index contributed by atoms with van der Waals surface area (Å²) in [5.74, 6) is -0.234. The van der Waals surface area contributed by atoms with Gasteiger partial charge in [-0.25, -0.2) is 9.78 Å². The molecule has 0 aromatic carbocycles. The zero-order valence-electron chi connectivity index (χ0n) is 12.2. The molecule has 112 valence electrons. The molecule has 1 aromatic rings. The zero-order chi connectivity index (χ0) is 15.2. The number of nitrogens with zero attached hydrogens (tertiary/aromatic N) is 1. The van der Waals surface area contributed by atoms with Crippen molar-refractivity contribution in [3.8, 4) is 0 Å². The monoisotopic (exact) mass is 300 g/mol.